The van der Waals surface area contributed by atoms with Crippen LogP contribution in [0.3, 0.4) is 0 Å². The van der Waals surface area contributed by atoms with E-state index in [-0.39, 0.29) is 18.3 Å². The maximum Gasteiger partial charge on any atom is 0.407 e. The molecule has 1 saturated carbocycles. The van der Waals surface area contributed by atoms with Gasteiger partial charge in [-0.3, -0.25) is 0 Å². The van der Waals surface area contributed by atoms with Crippen LogP contribution in [-0.2, 0) is 22.3 Å². The van der Waals surface area contributed by atoms with Gasteiger partial charge in [-0.15, -0.1) is 0 Å². The summed E-state index contributed by atoms with van der Waals surface area (Å²) in [6.45, 7) is 2.11. The molecule has 6 nitrogen and oxygen atoms in total. The molecule has 1 fully saturated rings. The number of hydrogen-bond acceptors (Lipinski definition) is 3. The first kappa shape index (κ1) is 19.7. The summed E-state index contributed by atoms with van der Waals surface area (Å²) in [4.78, 5) is 13.2. The highest BCUT2D eigenvalue weighted by Crippen LogP contribution is 2.29. The Morgan fingerprint density at radius 3 is 2.40 bits per heavy atom. The van der Waals surface area contributed by atoms with Gasteiger partial charge in [0.15, 0.2) is 0 Å². The van der Waals surface area contributed by atoms with E-state index in [1.807, 2.05) is 6.92 Å². The lowest BCUT2D eigenvalue weighted by Gasteiger charge is -2.31. The number of hydrogen-bond donors (Lipinski definition) is 2. The van der Waals surface area contributed by atoms with E-state index in [0.29, 0.717) is 17.0 Å². The van der Waals surface area contributed by atoms with E-state index < -0.39 is 16.1 Å². The lowest BCUT2D eigenvalue weighted by molar-refractivity contribution is 0.113. The van der Waals surface area contributed by atoms with Crippen LogP contribution in [0.1, 0.15) is 56.6 Å². The molecule has 1 aromatic carbocycles. The molecule has 0 saturated heterocycles. The SMILES string of the molecule is CC(CC1CCCCC1)N(Cc1ccccc1CS(N)(=O)=O)C(=O)O. The predicted octanol–water partition coefficient (Wildman–Crippen LogP) is 3.31. The first-order chi connectivity index (χ1) is 11.8. The first-order valence-corrected chi connectivity index (χ1v) is 10.5. The molecule has 1 amide bonds. The van der Waals surface area contributed by atoms with E-state index in [4.69, 9.17) is 5.14 Å². The van der Waals surface area contributed by atoms with Gasteiger partial charge in [-0.05, 0) is 30.4 Å². The van der Waals surface area contributed by atoms with Crippen LogP contribution in [0.25, 0.3) is 0 Å². The first-order valence-electron chi connectivity index (χ1n) is 8.83. The molecule has 140 valence electrons. The summed E-state index contributed by atoms with van der Waals surface area (Å²) in [5, 5.41) is 14.8. The average Bonchev–Trinajstić information content (AvgIpc) is 2.53. The number of rotatable bonds is 7. The molecular weight excluding hydrogens is 340 g/mol. The smallest absolute Gasteiger partial charge is 0.407 e. The second-order valence-corrected chi connectivity index (χ2v) is 8.69. The van der Waals surface area contributed by atoms with E-state index in [0.717, 1.165) is 6.42 Å². The molecule has 3 N–H and O–H groups in total. The molecule has 0 aromatic heterocycles. The summed E-state index contributed by atoms with van der Waals surface area (Å²) in [6, 6.07) is 6.87. The molecule has 0 aliphatic heterocycles. The Kier molecular flexibility index (Phi) is 6.84. The van der Waals surface area contributed by atoms with Gasteiger partial charge in [0.2, 0.25) is 10.0 Å². The standard InChI is InChI=1S/C18H28N2O4S/c1-14(11-15-7-3-2-4-8-15)20(18(21)22)12-16-9-5-6-10-17(16)13-25(19,23)24/h5-6,9-10,14-15H,2-4,7-8,11-13H2,1H3,(H,21,22)(H2,19,23,24). The van der Waals surface area contributed by atoms with Crippen molar-refractivity contribution in [2.24, 2.45) is 11.1 Å². The van der Waals surface area contributed by atoms with Crippen molar-refractivity contribution in [1.29, 1.82) is 0 Å². The van der Waals surface area contributed by atoms with Gasteiger partial charge in [0, 0.05) is 12.6 Å². The fourth-order valence-corrected chi connectivity index (χ4v) is 4.41. The second kappa shape index (κ2) is 8.67. The van der Waals surface area contributed by atoms with Crippen LogP contribution in [0.5, 0.6) is 0 Å². The van der Waals surface area contributed by atoms with Crippen LogP contribution in [0.2, 0.25) is 0 Å². The molecule has 1 aromatic rings. The lowest BCUT2D eigenvalue weighted by Crippen LogP contribution is -2.38. The van der Waals surface area contributed by atoms with Crippen molar-refractivity contribution in [3.63, 3.8) is 0 Å². The van der Waals surface area contributed by atoms with Gasteiger partial charge in [-0.1, -0.05) is 56.4 Å². The van der Waals surface area contributed by atoms with Crippen molar-refractivity contribution in [3.8, 4) is 0 Å². The Bertz CT molecular complexity index is 684. The van der Waals surface area contributed by atoms with E-state index in [1.54, 1.807) is 24.3 Å². The minimum absolute atomic E-state index is 0.108. The van der Waals surface area contributed by atoms with Crippen molar-refractivity contribution in [1.82, 2.24) is 4.90 Å². The Morgan fingerprint density at radius 1 is 1.24 bits per heavy atom. The summed E-state index contributed by atoms with van der Waals surface area (Å²) in [5.41, 5.74) is 1.25. The molecule has 0 spiro atoms. The highest BCUT2D eigenvalue weighted by molar-refractivity contribution is 7.88. The molecular formula is C18H28N2O4S. The zero-order chi connectivity index (χ0) is 18.4. The van der Waals surface area contributed by atoms with E-state index in [2.05, 4.69) is 0 Å². The predicted molar refractivity (Wildman–Crippen MR) is 97.5 cm³/mol. The Hall–Kier alpha value is -1.60. The van der Waals surface area contributed by atoms with Gasteiger partial charge in [0.25, 0.3) is 0 Å². The Labute approximate surface area is 150 Å². The second-order valence-electron chi connectivity index (χ2n) is 7.08. The number of amides is 1. The molecule has 0 radical (unpaired) electrons. The fourth-order valence-electron chi connectivity index (χ4n) is 3.70. The molecule has 2 rings (SSSR count). The molecule has 1 aliphatic carbocycles. The van der Waals surface area contributed by atoms with Gasteiger partial charge in [-0.25, -0.2) is 18.4 Å². The van der Waals surface area contributed by atoms with E-state index in [1.165, 1.54) is 37.0 Å². The quantitative estimate of drug-likeness (QED) is 0.771. The molecule has 0 heterocycles. The number of carbonyl (C=O) groups is 1. The van der Waals surface area contributed by atoms with Crippen molar-refractivity contribution in [2.75, 3.05) is 0 Å². The minimum Gasteiger partial charge on any atom is -0.465 e. The average molecular weight is 368 g/mol. The van der Waals surface area contributed by atoms with Crippen LogP contribution >= 0.6 is 0 Å². The van der Waals surface area contributed by atoms with Gasteiger partial charge < -0.3 is 10.0 Å². The monoisotopic (exact) mass is 368 g/mol. The summed E-state index contributed by atoms with van der Waals surface area (Å²) in [6.07, 6.45) is 5.93. The molecule has 1 aliphatic rings. The maximum atomic E-state index is 11.8. The maximum absolute atomic E-state index is 11.8. The third kappa shape index (κ3) is 6.32. The summed E-state index contributed by atoms with van der Waals surface area (Å²) in [5.74, 6) is 0.290. The lowest BCUT2D eigenvalue weighted by atomic mass is 9.85. The molecule has 0 bridgehead atoms. The van der Waals surface area contributed by atoms with Crippen LogP contribution in [-0.4, -0.2) is 30.6 Å². The number of primary sulfonamides is 1. The highest BCUT2D eigenvalue weighted by Gasteiger charge is 2.25. The van der Waals surface area contributed by atoms with Crippen LogP contribution in [0.15, 0.2) is 24.3 Å². The van der Waals surface area contributed by atoms with E-state index in [9.17, 15) is 18.3 Å². The van der Waals surface area contributed by atoms with Crippen LogP contribution in [0, 0.1) is 5.92 Å². The summed E-state index contributed by atoms with van der Waals surface area (Å²) in [7, 11) is -3.66. The van der Waals surface area contributed by atoms with Crippen LogP contribution in [0.4, 0.5) is 4.79 Å². The zero-order valence-electron chi connectivity index (χ0n) is 14.7. The fraction of sp³-hybridized carbons (Fsp3) is 0.611. The number of carboxylic acid groups (broad SMARTS) is 1. The zero-order valence-corrected chi connectivity index (χ0v) is 15.5. The van der Waals surface area contributed by atoms with Crippen molar-refractivity contribution >= 4 is 16.1 Å². The summed E-state index contributed by atoms with van der Waals surface area (Å²) < 4.78 is 22.8. The molecule has 1 unspecified atom stereocenters. The largest absolute Gasteiger partial charge is 0.465 e. The van der Waals surface area contributed by atoms with E-state index >= 15 is 0 Å². The summed E-state index contributed by atoms with van der Waals surface area (Å²) >= 11 is 0. The van der Waals surface area contributed by atoms with Gasteiger partial charge in [-0.2, -0.15) is 0 Å². The number of sulfonamides is 1. The normalized spacial score (nSPS) is 17.2. The number of nitrogens with zero attached hydrogens (tertiary/aromatic N) is 1. The minimum atomic E-state index is -3.66. The van der Waals surface area contributed by atoms with Gasteiger partial charge >= 0.3 is 6.09 Å². The highest BCUT2D eigenvalue weighted by atomic mass is 32.2. The van der Waals surface area contributed by atoms with Crippen LogP contribution < -0.4 is 5.14 Å². The molecule has 1 atom stereocenters. The topological polar surface area (TPSA) is 101 Å². The molecule has 25 heavy (non-hydrogen) atoms. The van der Waals surface area contributed by atoms with Crippen molar-refractivity contribution in [3.05, 3.63) is 35.4 Å². The number of nitrogens with two attached hydrogens (primary N) is 1. The van der Waals surface area contributed by atoms with Crippen molar-refractivity contribution < 1.29 is 18.3 Å². The third-order valence-electron chi connectivity index (χ3n) is 4.99. The van der Waals surface area contributed by atoms with Gasteiger partial charge in [0.05, 0.1) is 5.75 Å². The third-order valence-corrected chi connectivity index (χ3v) is 5.71. The van der Waals surface area contributed by atoms with Gasteiger partial charge in [0.1, 0.15) is 0 Å². The Balaban J connectivity index is 2.12. The Morgan fingerprint density at radius 2 is 1.84 bits per heavy atom. The molecule has 7 heteroatoms. The number of benzene rings is 1. The van der Waals surface area contributed by atoms with Crippen molar-refractivity contribution in [2.45, 2.75) is 63.8 Å².